The van der Waals surface area contributed by atoms with Gasteiger partial charge in [-0.1, -0.05) is 35.3 Å². The Bertz CT molecular complexity index is 643. The van der Waals surface area contributed by atoms with E-state index in [0.717, 1.165) is 11.3 Å². The molecule has 0 fully saturated rings. The Balaban J connectivity index is 1.94. The van der Waals surface area contributed by atoms with Crippen LogP contribution in [0.2, 0.25) is 10.0 Å². The molecule has 0 unspecified atom stereocenters. The van der Waals surface area contributed by atoms with Gasteiger partial charge in [0.05, 0.1) is 6.04 Å². The molecule has 1 amide bonds. The predicted octanol–water partition coefficient (Wildman–Crippen LogP) is 4.67. The molecule has 2 aromatic rings. The van der Waals surface area contributed by atoms with E-state index in [4.69, 9.17) is 23.2 Å². The molecule has 2 atom stereocenters. The summed E-state index contributed by atoms with van der Waals surface area (Å²) in [5.41, 5.74) is 1.76. The second-order valence-corrected chi connectivity index (χ2v) is 6.03. The number of carbonyl (C=O) groups is 1. The van der Waals surface area contributed by atoms with Gasteiger partial charge in [-0.25, -0.2) is 0 Å². The van der Waals surface area contributed by atoms with E-state index < -0.39 is 0 Å². The van der Waals surface area contributed by atoms with Gasteiger partial charge in [0.25, 0.3) is 0 Å². The first-order chi connectivity index (χ1) is 10.5. The van der Waals surface area contributed by atoms with Crippen molar-refractivity contribution >= 4 is 34.8 Å². The topological polar surface area (TPSA) is 41.1 Å². The number of anilines is 1. The zero-order valence-corrected chi connectivity index (χ0v) is 13.9. The number of hydrogen-bond acceptors (Lipinski definition) is 2. The van der Waals surface area contributed by atoms with Crippen molar-refractivity contribution in [3.05, 3.63) is 64.1 Å². The van der Waals surface area contributed by atoms with Crippen LogP contribution >= 0.6 is 23.2 Å². The highest BCUT2D eigenvalue weighted by Crippen LogP contribution is 2.18. The Morgan fingerprint density at radius 2 is 1.68 bits per heavy atom. The zero-order chi connectivity index (χ0) is 16.1. The van der Waals surface area contributed by atoms with Gasteiger partial charge in [-0.2, -0.15) is 0 Å². The van der Waals surface area contributed by atoms with Crippen molar-refractivity contribution in [3.63, 3.8) is 0 Å². The summed E-state index contributed by atoms with van der Waals surface area (Å²) >= 11 is 11.8. The standard InChI is InChI=1S/C17H18Cl2N2O/c1-11(13-4-3-5-15(19)10-13)20-12(2)17(22)21-16-8-6-14(18)7-9-16/h3-12,20H,1-2H3,(H,21,22)/t11-,12+/m0/s1. The molecule has 3 nitrogen and oxygen atoms in total. The summed E-state index contributed by atoms with van der Waals surface area (Å²) in [7, 11) is 0. The smallest absolute Gasteiger partial charge is 0.241 e. The lowest BCUT2D eigenvalue weighted by Crippen LogP contribution is -2.39. The highest BCUT2D eigenvalue weighted by Gasteiger charge is 2.16. The Hall–Kier alpha value is -1.55. The van der Waals surface area contributed by atoms with Crippen LogP contribution in [0.15, 0.2) is 48.5 Å². The molecule has 0 heterocycles. The van der Waals surface area contributed by atoms with Gasteiger partial charge in [-0.05, 0) is 55.8 Å². The number of carbonyl (C=O) groups excluding carboxylic acids is 1. The van der Waals surface area contributed by atoms with Gasteiger partial charge in [-0.15, -0.1) is 0 Å². The van der Waals surface area contributed by atoms with Crippen LogP contribution in [0.25, 0.3) is 0 Å². The van der Waals surface area contributed by atoms with Gasteiger partial charge in [0, 0.05) is 21.8 Å². The molecule has 0 aliphatic rings. The molecule has 22 heavy (non-hydrogen) atoms. The highest BCUT2D eigenvalue weighted by atomic mass is 35.5. The van der Waals surface area contributed by atoms with Crippen LogP contribution in [0.5, 0.6) is 0 Å². The minimum Gasteiger partial charge on any atom is -0.325 e. The van der Waals surface area contributed by atoms with Crippen molar-refractivity contribution in [2.45, 2.75) is 25.9 Å². The van der Waals surface area contributed by atoms with Crippen molar-refractivity contribution in [2.24, 2.45) is 0 Å². The Kier molecular flexibility index (Phi) is 5.83. The van der Waals surface area contributed by atoms with Gasteiger partial charge in [0.1, 0.15) is 0 Å². The average molecular weight is 337 g/mol. The third kappa shape index (κ3) is 4.73. The van der Waals surface area contributed by atoms with Gasteiger partial charge in [0.15, 0.2) is 0 Å². The van der Waals surface area contributed by atoms with E-state index in [1.165, 1.54) is 0 Å². The molecular weight excluding hydrogens is 319 g/mol. The lowest BCUT2D eigenvalue weighted by Gasteiger charge is -2.20. The number of hydrogen-bond donors (Lipinski definition) is 2. The fourth-order valence-corrected chi connectivity index (χ4v) is 2.43. The normalized spacial score (nSPS) is 13.5. The fraction of sp³-hybridized carbons (Fsp3) is 0.235. The largest absolute Gasteiger partial charge is 0.325 e. The van der Waals surface area contributed by atoms with Crippen molar-refractivity contribution in [1.29, 1.82) is 0 Å². The van der Waals surface area contributed by atoms with Crippen LogP contribution in [0.4, 0.5) is 5.69 Å². The van der Waals surface area contributed by atoms with Crippen molar-refractivity contribution in [1.82, 2.24) is 5.32 Å². The maximum atomic E-state index is 12.2. The molecule has 5 heteroatoms. The fourth-order valence-electron chi connectivity index (χ4n) is 2.11. The molecule has 2 rings (SSSR count). The predicted molar refractivity (Wildman–Crippen MR) is 92.5 cm³/mol. The van der Waals surface area contributed by atoms with Crippen LogP contribution in [0.3, 0.4) is 0 Å². The summed E-state index contributed by atoms with van der Waals surface area (Å²) in [5.74, 6) is -0.101. The molecule has 0 bridgehead atoms. The summed E-state index contributed by atoms with van der Waals surface area (Å²) in [5, 5.41) is 7.43. The second kappa shape index (κ2) is 7.63. The first-order valence-corrected chi connectivity index (χ1v) is 7.79. The van der Waals surface area contributed by atoms with E-state index in [2.05, 4.69) is 10.6 Å². The third-order valence-corrected chi connectivity index (χ3v) is 3.84. The maximum absolute atomic E-state index is 12.2. The highest BCUT2D eigenvalue weighted by molar-refractivity contribution is 6.30. The van der Waals surface area contributed by atoms with E-state index in [1.807, 2.05) is 38.1 Å². The Labute approximate surface area is 140 Å². The van der Waals surface area contributed by atoms with Gasteiger partial charge < -0.3 is 5.32 Å². The van der Waals surface area contributed by atoms with Gasteiger partial charge in [0.2, 0.25) is 5.91 Å². The van der Waals surface area contributed by atoms with Gasteiger partial charge >= 0.3 is 0 Å². The molecular formula is C17H18Cl2N2O. The molecule has 0 saturated carbocycles. The van der Waals surface area contributed by atoms with Crippen LogP contribution in [-0.4, -0.2) is 11.9 Å². The van der Waals surface area contributed by atoms with Crippen LogP contribution in [0, 0.1) is 0 Å². The van der Waals surface area contributed by atoms with Crippen LogP contribution in [0.1, 0.15) is 25.5 Å². The van der Waals surface area contributed by atoms with E-state index in [0.29, 0.717) is 10.0 Å². The number of rotatable bonds is 5. The minimum absolute atomic E-state index is 0.0182. The monoisotopic (exact) mass is 336 g/mol. The Morgan fingerprint density at radius 1 is 1.00 bits per heavy atom. The molecule has 0 aliphatic heterocycles. The lowest BCUT2D eigenvalue weighted by atomic mass is 10.1. The van der Waals surface area contributed by atoms with Crippen LogP contribution < -0.4 is 10.6 Å². The van der Waals surface area contributed by atoms with E-state index in [9.17, 15) is 4.79 Å². The van der Waals surface area contributed by atoms with E-state index >= 15 is 0 Å². The third-order valence-electron chi connectivity index (χ3n) is 3.35. The molecule has 116 valence electrons. The quantitative estimate of drug-likeness (QED) is 0.832. The van der Waals surface area contributed by atoms with E-state index in [-0.39, 0.29) is 18.0 Å². The summed E-state index contributed by atoms with van der Waals surface area (Å²) in [4.78, 5) is 12.2. The van der Waals surface area contributed by atoms with Crippen molar-refractivity contribution in [3.8, 4) is 0 Å². The summed E-state index contributed by atoms with van der Waals surface area (Å²) in [6, 6.07) is 14.3. The van der Waals surface area contributed by atoms with Crippen molar-refractivity contribution in [2.75, 3.05) is 5.32 Å². The SMILES string of the molecule is C[C@H](N[C@H](C)C(=O)Nc1ccc(Cl)cc1)c1cccc(Cl)c1. The number of amides is 1. The number of nitrogens with one attached hydrogen (secondary N) is 2. The molecule has 0 spiro atoms. The first kappa shape index (κ1) is 16.8. The number of benzene rings is 2. The second-order valence-electron chi connectivity index (χ2n) is 5.16. The summed E-state index contributed by atoms with van der Waals surface area (Å²) < 4.78 is 0. The molecule has 0 saturated heterocycles. The molecule has 2 N–H and O–H groups in total. The van der Waals surface area contributed by atoms with Crippen LogP contribution in [-0.2, 0) is 4.79 Å². The zero-order valence-electron chi connectivity index (χ0n) is 12.4. The average Bonchev–Trinajstić information content (AvgIpc) is 2.49. The molecule has 0 aromatic heterocycles. The molecule has 0 aliphatic carbocycles. The Morgan fingerprint density at radius 3 is 2.32 bits per heavy atom. The lowest BCUT2D eigenvalue weighted by molar-refractivity contribution is -0.117. The minimum atomic E-state index is -0.343. The van der Waals surface area contributed by atoms with Crippen molar-refractivity contribution < 1.29 is 4.79 Å². The van der Waals surface area contributed by atoms with E-state index in [1.54, 1.807) is 24.3 Å². The first-order valence-electron chi connectivity index (χ1n) is 7.03. The summed E-state index contributed by atoms with van der Waals surface area (Å²) in [6.45, 7) is 3.82. The maximum Gasteiger partial charge on any atom is 0.241 e. The van der Waals surface area contributed by atoms with Gasteiger partial charge in [-0.3, -0.25) is 10.1 Å². The molecule has 0 radical (unpaired) electrons. The number of halogens is 2. The molecule has 2 aromatic carbocycles. The summed E-state index contributed by atoms with van der Waals surface area (Å²) in [6.07, 6.45) is 0.